The number of hydrogen-bond donors (Lipinski definition) is 1. The van der Waals surface area contributed by atoms with Gasteiger partial charge in [-0.05, 0) is 30.2 Å². The van der Waals surface area contributed by atoms with E-state index in [2.05, 4.69) is 13.8 Å². The number of nitrogen functional groups attached to an aromatic ring is 1. The van der Waals surface area contributed by atoms with Crippen molar-refractivity contribution in [3.63, 3.8) is 0 Å². The van der Waals surface area contributed by atoms with Crippen molar-refractivity contribution in [2.24, 2.45) is 5.92 Å². The quantitative estimate of drug-likeness (QED) is 0.802. The first kappa shape index (κ1) is 12.6. The molecule has 17 heavy (non-hydrogen) atoms. The Morgan fingerprint density at radius 3 is 2.47 bits per heavy atom. The molecule has 1 aliphatic carbocycles. The third-order valence-corrected chi connectivity index (χ3v) is 5.01. The minimum atomic E-state index is 0.0282. The van der Waals surface area contributed by atoms with E-state index in [1.807, 2.05) is 13.8 Å². The molecule has 0 amide bonds. The lowest BCUT2D eigenvalue weighted by molar-refractivity contribution is 0.0939. The van der Waals surface area contributed by atoms with Gasteiger partial charge < -0.3 is 5.73 Å². The normalized spacial score (nSPS) is 23.8. The van der Waals surface area contributed by atoms with E-state index < -0.39 is 0 Å². The molecule has 2 atom stereocenters. The van der Waals surface area contributed by atoms with Gasteiger partial charge in [0, 0.05) is 10.8 Å². The highest BCUT2D eigenvalue weighted by Gasteiger charge is 2.31. The standard InChI is InChI=1S/C14H21NOS/c1-7(2)12(16)11-10-8(3)5-6-9(4)13(10)17-14(11)15/h7-9H,5-6,15H2,1-4H3. The first-order valence-corrected chi connectivity index (χ1v) is 7.21. The van der Waals surface area contributed by atoms with Crippen LogP contribution in [0.1, 0.15) is 73.2 Å². The molecule has 0 aliphatic heterocycles. The number of hydrogen-bond acceptors (Lipinski definition) is 3. The van der Waals surface area contributed by atoms with Crippen molar-refractivity contribution in [2.45, 2.75) is 52.4 Å². The van der Waals surface area contributed by atoms with Crippen molar-refractivity contribution in [3.8, 4) is 0 Å². The second-order valence-electron chi connectivity index (χ2n) is 5.52. The van der Waals surface area contributed by atoms with Crippen LogP contribution in [-0.4, -0.2) is 5.78 Å². The topological polar surface area (TPSA) is 43.1 Å². The molecule has 0 saturated carbocycles. The summed E-state index contributed by atoms with van der Waals surface area (Å²) in [5.74, 6) is 1.27. The van der Waals surface area contributed by atoms with Gasteiger partial charge in [0.05, 0.1) is 10.6 Å². The Morgan fingerprint density at radius 2 is 1.88 bits per heavy atom. The first-order chi connectivity index (χ1) is 7.93. The molecule has 94 valence electrons. The molecule has 2 unspecified atom stereocenters. The number of fused-ring (bicyclic) bond motifs is 1. The van der Waals surface area contributed by atoms with Gasteiger partial charge in [0.1, 0.15) is 0 Å². The largest absolute Gasteiger partial charge is 0.390 e. The maximum atomic E-state index is 12.3. The summed E-state index contributed by atoms with van der Waals surface area (Å²) in [6, 6.07) is 0. The number of rotatable bonds is 2. The SMILES string of the molecule is CC(C)C(=O)c1c(N)sc2c1C(C)CCC2C. The highest BCUT2D eigenvalue weighted by atomic mass is 32.1. The molecular weight excluding hydrogens is 230 g/mol. The summed E-state index contributed by atoms with van der Waals surface area (Å²) in [4.78, 5) is 13.6. The Labute approximate surface area is 107 Å². The molecule has 2 N–H and O–H groups in total. The van der Waals surface area contributed by atoms with Gasteiger partial charge in [0.25, 0.3) is 0 Å². The van der Waals surface area contributed by atoms with E-state index in [0.29, 0.717) is 11.8 Å². The zero-order valence-electron chi connectivity index (χ0n) is 11.0. The van der Waals surface area contributed by atoms with Crippen LogP contribution in [0.5, 0.6) is 0 Å². The fourth-order valence-corrected chi connectivity index (χ4v) is 3.94. The summed E-state index contributed by atoms with van der Waals surface area (Å²) in [6.45, 7) is 8.35. The summed E-state index contributed by atoms with van der Waals surface area (Å²) in [5.41, 5.74) is 8.17. The van der Waals surface area contributed by atoms with Gasteiger partial charge in [-0.2, -0.15) is 0 Å². The molecule has 0 aromatic carbocycles. The van der Waals surface area contributed by atoms with Crippen LogP contribution in [0.15, 0.2) is 0 Å². The van der Waals surface area contributed by atoms with Crippen LogP contribution in [0.25, 0.3) is 0 Å². The molecule has 1 aromatic rings. The second kappa shape index (κ2) is 4.45. The lowest BCUT2D eigenvalue weighted by Gasteiger charge is -2.25. The van der Waals surface area contributed by atoms with Crippen LogP contribution < -0.4 is 5.73 Å². The number of ketones is 1. The fraction of sp³-hybridized carbons (Fsp3) is 0.643. The number of carbonyl (C=O) groups is 1. The predicted octanol–water partition coefficient (Wildman–Crippen LogP) is 4.17. The highest BCUT2D eigenvalue weighted by molar-refractivity contribution is 7.16. The highest BCUT2D eigenvalue weighted by Crippen LogP contribution is 2.47. The molecular formula is C14H21NOS. The summed E-state index contributed by atoms with van der Waals surface area (Å²) < 4.78 is 0. The van der Waals surface area contributed by atoms with E-state index in [4.69, 9.17) is 5.73 Å². The third-order valence-electron chi connectivity index (χ3n) is 3.74. The van der Waals surface area contributed by atoms with Crippen molar-refractivity contribution >= 4 is 22.1 Å². The summed E-state index contributed by atoms with van der Waals surface area (Å²) in [6.07, 6.45) is 2.38. The zero-order valence-corrected chi connectivity index (χ0v) is 11.9. The van der Waals surface area contributed by atoms with Crippen LogP contribution in [0, 0.1) is 5.92 Å². The van der Waals surface area contributed by atoms with E-state index in [9.17, 15) is 4.79 Å². The molecule has 0 fully saturated rings. The number of nitrogens with two attached hydrogens (primary N) is 1. The Bertz CT molecular complexity index is 447. The van der Waals surface area contributed by atoms with E-state index in [1.165, 1.54) is 23.3 Å². The second-order valence-corrected chi connectivity index (χ2v) is 6.60. The van der Waals surface area contributed by atoms with Crippen LogP contribution in [0.4, 0.5) is 5.00 Å². The Balaban J connectivity index is 2.57. The predicted molar refractivity (Wildman–Crippen MR) is 74.0 cm³/mol. The molecule has 0 radical (unpaired) electrons. The maximum absolute atomic E-state index is 12.3. The Kier molecular flexibility index (Phi) is 3.30. The molecule has 0 spiro atoms. The Hall–Kier alpha value is -0.830. The van der Waals surface area contributed by atoms with E-state index in [1.54, 1.807) is 11.3 Å². The van der Waals surface area contributed by atoms with E-state index >= 15 is 0 Å². The van der Waals surface area contributed by atoms with E-state index in [-0.39, 0.29) is 11.7 Å². The lowest BCUT2D eigenvalue weighted by Crippen LogP contribution is -2.15. The molecule has 1 aliphatic rings. The average Bonchev–Trinajstić information content (AvgIpc) is 2.61. The smallest absolute Gasteiger partial charge is 0.168 e. The van der Waals surface area contributed by atoms with Gasteiger partial charge >= 0.3 is 0 Å². The molecule has 3 heteroatoms. The molecule has 2 rings (SSSR count). The zero-order chi connectivity index (χ0) is 12.7. The minimum Gasteiger partial charge on any atom is -0.390 e. The van der Waals surface area contributed by atoms with Crippen LogP contribution >= 0.6 is 11.3 Å². The fourth-order valence-electron chi connectivity index (χ4n) is 2.65. The van der Waals surface area contributed by atoms with Crippen molar-refractivity contribution < 1.29 is 4.79 Å². The molecule has 0 saturated heterocycles. The van der Waals surface area contributed by atoms with Crippen molar-refractivity contribution in [1.82, 2.24) is 0 Å². The number of thiophene rings is 1. The van der Waals surface area contributed by atoms with Gasteiger partial charge in [0.15, 0.2) is 5.78 Å². The first-order valence-electron chi connectivity index (χ1n) is 6.39. The summed E-state index contributed by atoms with van der Waals surface area (Å²) >= 11 is 1.63. The minimum absolute atomic E-state index is 0.0282. The summed E-state index contributed by atoms with van der Waals surface area (Å²) in [5, 5.41) is 0.731. The van der Waals surface area contributed by atoms with E-state index in [0.717, 1.165) is 10.6 Å². The lowest BCUT2D eigenvalue weighted by atomic mass is 9.80. The molecule has 2 nitrogen and oxygen atoms in total. The van der Waals surface area contributed by atoms with Gasteiger partial charge in [-0.1, -0.05) is 27.7 Å². The number of carbonyl (C=O) groups excluding carboxylic acids is 1. The summed E-state index contributed by atoms with van der Waals surface area (Å²) in [7, 11) is 0. The van der Waals surface area contributed by atoms with Gasteiger partial charge in [-0.15, -0.1) is 11.3 Å². The van der Waals surface area contributed by atoms with Crippen molar-refractivity contribution in [3.05, 3.63) is 16.0 Å². The van der Waals surface area contributed by atoms with Gasteiger partial charge in [-0.3, -0.25) is 4.79 Å². The average molecular weight is 251 g/mol. The third kappa shape index (κ3) is 2.01. The molecule has 1 heterocycles. The van der Waals surface area contributed by atoms with Gasteiger partial charge in [-0.25, -0.2) is 0 Å². The van der Waals surface area contributed by atoms with Gasteiger partial charge in [0.2, 0.25) is 0 Å². The van der Waals surface area contributed by atoms with Crippen LogP contribution in [0.3, 0.4) is 0 Å². The monoisotopic (exact) mass is 251 g/mol. The van der Waals surface area contributed by atoms with Crippen molar-refractivity contribution in [2.75, 3.05) is 5.73 Å². The van der Waals surface area contributed by atoms with Crippen molar-refractivity contribution in [1.29, 1.82) is 0 Å². The number of anilines is 1. The molecule has 1 aromatic heterocycles. The van der Waals surface area contributed by atoms with Crippen LogP contribution in [-0.2, 0) is 0 Å². The van der Waals surface area contributed by atoms with Crippen LogP contribution in [0.2, 0.25) is 0 Å². The Morgan fingerprint density at radius 1 is 1.29 bits per heavy atom. The maximum Gasteiger partial charge on any atom is 0.168 e. The number of Topliss-reactive ketones (excluding diaryl/α,β-unsaturated/α-hetero) is 1. The molecule has 0 bridgehead atoms.